The van der Waals surface area contributed by atoms with E-state index in [1.54, 1.807) is 10.5 Å². The summed E-state index contributed by atoms with van der Waals surface area (Å²) in [5.74, 6) is 1.57. The highest BCUT2D eigenvalue weighted by Gasteiger charge is 2.44. The molecular weight excluding hydrogens is 438 g/mol. The quantitative estimate of drug-likeness (QED) is 0.456. The summed E-state index contributed by atoms with van der Waals surface area (Å²) >= 11 is 0. The number of fused-ring (bicyclic) bond motifs is 3. The van der Waals surface area contributed by atoms with E-state index in [1.165, 1.54) is 6.08 Å². The number of hydrogen-bond acceptors (Lipinski definition) is 8. The van der Waals surface area contributed by atoms with Crippen LogP contribution in [0.2, 0.25) is 0 Å². The summed E-state index contributed by atoms with van der Waals surface area (Å²) in [6.45, 7) is 5.77. The summed E-state index contributed by atoms with van der Waals surface area (Å²) < 4.78 is 27.5. The first-order valence-corrected chi connectivity index (χ1v) is 13.5. The Kier molecular flexibility index (Phi) is 6.26. The average molecular weight is 472 g/mol. The van der Waals surface area contributed by atoms with Gasteiger partial charge in [0, 0.05) is 41.8 Å². The predicted octanol–water partition coefficient (Wildman–Crippen LogP) is 2.57. The zero-order chi connectivity index (χ0) is 23.0. The summed E-state index contributed by atoms with van der Waals surface area (Å²) in [5.41, 5.74) is 7.35. The largest absolute Gasteiger partial charge is 0.367 e. The van der Waals surface area contributed by atoms with Gasteiger partial charge < -0.3 is 10.6 Å². The molecule has 0 amide bonds. The van der Waals surface area contributed by atoms with E-state index in [-0.39, 0.29) is 30.0 Å². The van der Waals surface area contributed by atoms with E-state index < -0.39 is 10.0 Å². The van der Waals surface area contributed by atoms with E-state index in [4.69, 9.17) is 4.98 Å². The number of hydrazine groups is 1. The van der Waals surface area contributed by atoms with Crippen LogP contribution >= 0.6 is 0 Å². The smallest absolute Gasteiger partial charge is 0.218 e. The maximum atomic E-state index is 12.9. The molecular formula is C23H33N7O2S. The van der Waals surface area contributed by atoms with Crippen LogP contribution in [0.15, 0.2) is 37.1 Å². The Hall–Kier alpha value is -2.27. The Bertz CT molecular complexity index is 1110. The molecule has 33 heavy (non-hydrogen) atoms. The second-order valence-corrected chi connectivity index (χ2v) is 11.4. The predicted molar refractivity (Wildman–Crippen MR) is 131 cm³/mol. The van der Waals surface area contributed by atoms with Gasteiger partial charge in [-0.3, -0.25) is 10.4 Å². The Morgan fingerprint density at radius 2 is 2.00 bits per heavy atom. The van der Waals surface area contributed by atoms with Crippen molar-refractivity contribution in [1.29, 1.82) is 0 Å². The molecule has 0 aliphatic carbocycles. The third kappa shape index (κ3) is 4.70. The van der Waals surface area contributed by atoms with Crippen LogP contribution in [0.5, 0.6) is 0 Å². The van der Waals surface area contributed by atoms with Gasteiger partial charge in [0.15, 0.2) is 0 Å². The first-order valence-electron chi connectivity index (χ1n) is 11.8. The summed E-state index contributed by atoms with van der Waals surface area (Å²) in [7, 11) is -3.31. The van der Waals surface area contributed by atoms with Crippen molar-refractivity contribution >= 4 is 32.6 Å². The van der Waals surface area contributed by atoms with E-state index >= 15 is 0 Å². The van der Waals surface area contributed by atoms with Crippen LogP contribution in [-0.2, 0) is 10.0 Å². The first kappa shape index (κ1) is 22.5. The number of nitrogens with one attached hydrogen (secondary N) is 4. The van der Waals surface area contributed by atoms with Gasteiger partial charge in [-0.05, 0) is 51.2 Å². The van der Waals surface area contributed by atoms with Crippen molar-refractivity contribution in [2.45, 2.75) is 75.8 Å². The Morgan fingerprint density at radius 3 is 2.70 bits per heavy atom. The second-order valence-electron chi connectivity index (χ2n) is 9.50. The molecule has 5 heterocycles. The van der Waals surface area contributed by atoms with Crippen molar-refractivity contribution in [2.24, 2.45) is 0 Å². The van der Waals surface area contributed by atoms with Crippen molar-refractivity contribution in [3.8, 4) is 0 Å². The molecule has 3 unspecified atom stereocenters. The Balaban J connectivity index is 1.38. The first-order chi connectivity index (χ1) is 15.9. The molecule has 2 aromatic rings. The van der Waals surface area contributed by atoms with Crippen molar-refractivity contribution in [3.05, 3.63) is 37.1 Å². The number of rotatable bonds is 7. The zero-order valence-corrected chi connectivity index (χ0v) is 19.8. The lowest BCUT2D eigenvalue weighted by atomic mass is 9.84. The lowest BCUT2D eigenvalue weighted by molar-refractivity contribution is 0.116. The maximum absolute atomic E-state index is 12.9. The fourth-order valence-electron chi connectivity index (χ4n) is 5.59. The highest BCUT2D eigenvalue weighted by molar-refractivity contribution is 7.89. The summed E-state index contributed by atoms with van der Waals surface area (Å²) in [4.78, 5) is 9.45. The minimum absolute atomic E-state index is 0.00630. The Morgan fingerprint density at radius 1 is 1.21 bits per heavy atom. The molecule has 10 heteroatoms. The van der Waals surface area contributed by atoms with Gasteiger partial charge in [0.25, 0.3) is 0 Å². The van der Waals surface area contributed by atoms with Gasteiger partial charge in [0.1, 0.15) is 11.6 Å². The lowest BCUT2D eigenvalue weighted by Gasteiger charge is -2.47. The van der Waals surface area contributed by atoms with Crippen LogP contribution in [0, 0.1) is 0 Å². The molecule has 5 rings (SSSR count). The summed E-state index contributed by atoms with van der Waals surface area (Å²) in [5, 5.41) is 8.09. The monoisotopic (exact) mass is 471 g/mol. The van der Waals surface area contributed by atoms with Gasteiger partial charge in [-0.15, -0.1) is 6.58 Å². The van der Waals surface area contributed by atoms with Gasteiger partial charge in [-0.1, -0.05) is 12.5 Å². The van der Waals surface area contributed by atoms with Gasteiger partial charge in [-0.2, -0.15) is 4.31 Å². The minimum atomic E-state index is -3.31. The topological polar surface area (TPSA) is 111 Å². The highest BCUT2D eigenvalue weighted by atomic mass is 32.2. The molecule has 178 valence electrons. The molecule has 9 nitrogen and oxygen atoms in total. The number of aromatic nitrogens is 2. The van der Waals surface area contributed by atoms with E-state index in [0.29, 0.717) is 6.04 Å². The maximum Gasteiger partial charge on any atom is 0.218 e. The number of pyridine rings is 2. The van der Waals surface area contributed by atoms with Crippen LogP contribution in [0.4, 0.5) is 11.6 Å². The van der Waals surface area contributed by atoms with E-state index in [0.717, 1.165) is 61.1 Å². The average Bonchev–Trinajstić information content (AvgIpc) is 3.17. The van der Waals surface area contributed by atoms with E-state index in [1.807, 2.05) is 18.2 Å². The molecule has 3 saturated heterocycles. The molecule has 2 aromatic heterocycles. The van der Waals surface area contributed by atoms with Crippen LogP contribution in [0.25, 0.3) is 10.9 Å². The Labute approximate surface area is 195 Å². The van der Waals surface area contributed by atoms with Crippen LogP contribution in [-0.4, -0.2) is 58.8 Å². The third-order valence-electron chi connectivity index (χ3n) is 6.91. The zero-order valence-electron chi connectivity index (χ0n) is 19.0. The molecule has 3 aliphatic rings. The number of anilines is 2. The van der Waals surface area contributed by atoms with Crippen molar-refractivity contribution in [3.63, 3.8) is 0 Å². The van der Waals surface area contributed by atoms with Crippen molar-refractivity contribution in [2.75, 3.05) is 16.4 Å². The van der Waals surface area contributed by atoms with Crippen LogP contribution < -0.4 is 21.5 Å². The van der Waals surface area contributed by atoms with Crippen molar-refractivity contribution < 1.29 is 8.42 Å². The SMILES string of the molecule is C=CCS(=O)(=O)N1[C@@H]2CCC[C@H]1CC(Nc1nc(NC3CC(C)NN3)cc3ncccc13)C2. The van der Waals surface area contributed by atoms with E-state index in [9.17, 15) is 8.42 Å². The molecule has 0 aromatic carbocycles. The minimum Gasteiger partial charge on any atom is -0.367 e. The second kappa shape index (κ2) is 9.17. The molecule has 4 N–H and O–H groups in total. The summed E-state index contributed by atoms with van der Waals surface area (Å²) in [6.07, 6.45) is 8.77. The molecule has 2 bridgehead atoms. The number of hydrogen-bond donors (Lipinski definition) is 4. The highest BCUT2D eigenvalue weighted by Crippen LogP contribution is 2.38. The fraction of sp³-hybridized carbons (Fsp3) is 0.565. The van der Waals surface area contributed by atoms with Crippen molar-refractivity contribution in [1.82, 2.24) is 25.1 Å². The molecule has 5 atom stereocenters. The third-order valence-corrected chi connectivity index (χ3v) is 8.81. The van der Waals surface area contributed by atoms with Gasteiger partial charge in [0.05, 0.1) is 17.4 Å². The van der Waals surface area contributed by atoms with Gasteiger partial charge in [0.2, 0.25) is 10.0 Å². The number of nitrogens with zero attached hydrogens (tertiary/aromatic N) is 3. The molecule has 0 saturated carbocycles. The van der Waals surface area contributed by atoms with Gasteiger partial charge >= 0.3 is 0 Å². The molecule has 3 aliphatic heterocycles. The number of piperidine rings is 2. The summed E-state index contributed by atoms with van der Waals surface area (Å²) in [6, 6.07) is 6.54. The van der Waals surface area contributed by atoms with Gasteiger partial charge in [-0.25, -0.2) is 18.8 Å². The van der Waals surface area contributed by atoms with Crippen LogP contribution in [0.1, 0.15) is 45.4 Å². The molecule has 0 spiro atoms. The molecule has 0 radical (unpaired) electrons. The van der Waals surface area contributed by atoms with Crippen LogP contribution in [0.3, 0.4) is 0 Å². The number of sulfonamides is 1. The van der Waals surface area contributed by atoms with E-state index in [2.05, 4.69) is 40.0 Å². The molecule has 3 fully saturated rings. The lowest BCUT2D eigenvalue weighted by Crippen LogP contribution is -2.57. The fourth-order valence-corrected chi connectivity index (χ4v) is 7.35. The normalized spacial score (nSPS) is 30.3. The standard InChI is InChI=1S/C23H33N7O2S/c1-3-10-33(31,32)30-17-6-4-7-18(30)13-16(12-17)25-23-19-8-5-9-24-20(19)14-21(27-23)26-22-11-15(2)28-29-22/h3,5,8-9,14-18,22,28-29H,1,4,6-7,10-13H2,2H3,(H2,25,26,27)/t15?,16?,17-,18+,22?.